The van der Waals surface area contributed by atoms with Crippen LogP contribution in [0.5, 0.6) is 0 Å². The summed E-state index contributed by atoms with van der Waals surface area (Å²) in [5, 5.41) is 8.45. The standard InChI is InChI=1S/C14H21N3O2/c1-4-15-12-8-6-5-7-11(12)14(19)16-9-13(18)17-10(2)3/h5-8,10,15H,4,9H2,1-3H3,(H,16,19)(H,17,18). The molecule has 3 N–H and O–H groups in total. The van der Waals surface area contributed by atoms with Crippen molar-refractivity contribution in [3.05, 3.63) is 29.8 Å². The van der Waals surface area contributed by atoms with E-state index in [0.29, 0.717) is 5.56 Å². The number of benzene rings is 1. The second-order valence-corrected chi connectivity index (χ2v) is 4.48. The Bertz CT molecular complexity index is 444. The minimum absolute atomic E-state index is 0.0164. The molecule has 1 rings (SSSR count). The molecular formula is C14H21N3O2. The highest BCUT2D eigenvalue weighted by molar-refractivity contribution is 6.01. The van der Waals surface area contributed by atoms with Crippen molar-refractivity contribution in [1.29, 1.82) is 0 Å². The molecule has 0 aliphatic carbocycles. The smallest absolute Gasteiger partial charge is 0.253 e. The first-order valence-electron chi connectivity index (χ1n) is 6.45. The van der Waals surface area contributed by atoms with Crippen LogP contribution in [0, 0.1) is 0 Å². The highest BCUT2D eigenvalue weighted by Crippen LogP contribution is 2.14. The molecule has 0 atom stereocenters. The SMILES string of the molecule is CCNc1ccccc1C(=O)NCC(=O)NC(C)C. The van der Waals surface area contributed by atoms with E-state index >= 15 is 0 Å². The average molecular weight is 263 g/mol. The fourth-order valence-corrected chi connectivity index (χ4v) is 1.65. The number of carbonyl (C=O) groups is 2. The first-order valence-corrected chi connectivity index (χ1v) is 6.45. The predicted molar refractivity (Wildman–Crippen MR) is 76.2 cm³/mol. The fraction of sp³-hybridized carbons (Fsp3) is 0.429. The maximum absolute atomic E-state index is 12.0. The predicted octanol–water partition coefficient (Wildman–Crippen LogP) is 1.37. The molecule has 0 aliphatic heterocycles. The molecule has 0 radical (unpaired) electrons. The highest BCUT2D eigenvalue weighted by atomic mass is 16.2. The Hall–Kier alpha value is -2.04. The first-order chi connectivity index (χ1) is 9.04. The molecule has 2 amide bonds. The second-order valence-electron chi connectivity index (χ2n) is 4.48. The van der Waals surface area contributed by atoms with Gasteiger partial charge in [-0.3, -0.25) is 9.59 Å². The number of anilines is 1. The van der Waals surface area contributed by atoms with Gasteiger partial charge in [0.05, 0.1) is 12.1 Å². The van der Waals surface area contributed by atoms with E-state index in [1.807, 2.05) is 32.9 Å². The van der Waals surface area contributed by atoms with E-state index in [0.717, 1.165) is 12.2 Å². The van der Waals surface area contributed by atoms with Crippen molar-refractivity contribution < 1.29 is 9.59 Å². The second kappa shape index (κ2) is 7.41. The molecule has 104 valence electrons. The van der Waals surface area contributed by atoms with Crippen molar-refractivity contribution in [3.63, 3.8) is 0 Å². The van der Waals surface area contributed by atoms with Crippen molar-refractivity contribution in [2.75, 3.05) is 18.4 Å². The number of rotatable bonds is 6. The lowest BCUT2D eigenvalue weighted by Gasteiger charge is -2.12. The summed E-state index contributed by atoms with van der Waals surface area (Å²) in [6.07, 6.45) is 0. The van der Waals surface area contributed by atoms with Gasteiger partial charge < -0.3 is 16.0 Å². The Morgan fingerprint density at radius 1 is 1.21 bits per heavy atom. The zero-order chi connectivity index (χ0) is 14.3. The quantitative estimate of drug-likeness (QED) is 0.726. The van der Waals surface area contributed by atoms with E-state index < -0.39 is 0 Å². The zero-order valence-electron chi connectivity index (χ0n) is 11.6. The maximum atomic E-state index is 12.0. The van der Waals surface area contributed by atoms with Crippen LogP contribution in [-0.2, 0) is 4.79 Å². The van der Waals surface area contributed by atoms with Crippen LogP contribution >= 0.6 is 0 Å². The van der Waals surface area contributed by atoms with Gasteiger partial charge in [-0.05, 0) is 32.9 Å². The van der Waals surface area contributed by atoms with E-state index in [4.69, 9.17) is 0 Å². The van der Waals surface area contributed by atoms with E-state index in [1.165, 1.54) is 0 Å². The minimum atomic E-state index is -0.254. The molecule has 0 fully saturated rings. The third-order valence-corrected chi connectivity index (χ3v) is 2.40. The summed E-state index contributed by atoms with van der Waals surface area (Å²) in [5.41, 5.74) is 1.31. The number of para-hydroxylation sites is 1. The van der Waals surface area contributed by atoms with Gasteiger partial charge in [0.2, 0.25) is 5.91 Å². The van der Waals surface area contributed by atoms with Crippen molar-refractivity contribution in [2.24, 2.45) is 0 Å². The Labute approximate surface area is 113 Å². The van der Waals surface area contributed by atoms with E-state index in [2.05, 4.69) is 16.0 Å². The molecule has 0 unspecified atom stereocenters. The van der Waals surface area contributed by atoms with Gasteiger partial charge in [-0.1, -0.05) is 12.1 Å². The van der Waals surface area contributed by atoms with Crippen molar-refractivity contribution in [2.45, 2.75) is 26.8 Å². The molecule has 0 saturated carbocycles. The molecule has 0 heterocycles. The molecule has 0 aromatic heterocycles. The van der Waals surface area contributed by atoms with Crippen LogP contribution < -0.4 is 16.0 Å². The summed E-state index contributed by atoms with van der Waals surface area (Å²) in [4.78, 5) is 23.5. The summed E-state index contributed by atoms with van der Waals surface area (Å²) in [6, 6.07) is 7.29. The van der Waals surface area contributed by atoms with Gasteiger partial charge in [0.15, 0.2) is 0 Å². The monoisotopic (exact) mass is 263 g/mol. The number of nitrogens with one attached hydrogen (secondary N) is 3. The van der Waals surface area contributed by atoms with Crippen LogP contribution in [0.2, 0.25) is 0 Å². The van der Waals surface area contributed by atoms with Crippen LogP contribution in [-0.4, -0.2) is 30.9 Å². The number of amides is 2. The highest BCUT2D eigenvalue weighted by Gasteiger charge is 2.11. The van der Waals surface area contributed by atoms with Gasteiger partial charge >= 0.3 is 0 Å². The molecule has 5 nitrogen and oxygen atoms in total. The summed E-state index contributed by atoms with van der Waals surface area (Å²) >= 11 is 0. The van der Waals surface area contributed by atoms with Crippen LogP contribution in [0.1, 0.15) is 31.1 Å². The summed E-state index contributed by atoms with van der Waals surface area (Å²) in [7, 11) is 0. The molecule has 0 saturated heterocycles. The first kappa shape index (κ1) is 15.0. The normalized spacial score (nSPS) is 10.1. The number of hydrogen-bond acceptors (Lipinski definition) is 3. The fourth-order valence-electron chi connectivity index (χ4n) is 1.65. The van der Waals surface area contributed by atoms with Crippen molar-refractivity contribution >= 4 is 17.5 Å². The van der Waals surface area contributed by atoms with Crippen LogP contribution in [0.25, 0.3) is 0 Å². The molecule has 1 aromatic carbocycles. The lowest BCUT2D eigenvalue weighted by Crippen LogP contribution is -2.39. The zero-order valence-corrected chi connectivity index (χ0v) is 11.6. The van der Waals surface area contributed by atoms with E-state index in [9.17, 15) is 9.59 Å². The van der Waals surface area contributed by atoms with Gasteiger partial charge in [0.25, 0.3) is 5.91 Å². The van der Waals surface area contributed by atoms with Gasteiger partial charge in [-0.15, -0.1) is 0 Å². The van der Waals surface area contributed by atoms with Gasteiger partial charge in [0.1, 0.15) is 0 Å². The van der Waals surface area contributed by atoms with Crippen LogP contribution in [0.3, 0.4) is 0 Å². The Morgan fingerprint density at radius 2 is 1.89 bits per heavy atom. The average Bonchev–Trinajstić information content (AvgIpc) is 2.36. The summed E-state index contributed by atoms with van der Waals surface area (Å²) < 4.78 is 0. The third kappa shape index (κ3) is 4.99. The van der Waals surface area contributed by atoms with Crippen molar-refractivity contribution in [1.82, 2.24) is 10.6 Å². The van der Waals surface area contributed by atoms with Crippen LogP contribution in [0.4, 0.5) is 5.69 Å². The van der Waals surface area contributed by atoms with E-state index in [-0.39, 0.29) is 24.4 Å². The Balaban J connectivity index is 2.61. The number of carbonyl (C=O) groups excluding carboxylic acids is 2. The maximum Gasteiger partial charge on any atom is 0.253 e. The number of hydrogen-bond donors (Lipinski definition) is 3. The van der Waals surface area contributed by atoms with Crippen LogP contribution in [0.15, 0.2) is 24.3 Å². The largest absolute Gasteiger partial charge is 0.385 e. The minimum Gasteiger partial charge on any atom is -0.385 e. The van der Waals surface area contributed by atoms with Gasteiger partial charge in [-0.2, -0.15) is 0 Å². The topological polar surface area (TPSA) is 70.2 Å². The third-order valence-electron chi connectivity index (χ3n) is 2.40. The summed E-state index contributed by atoms with van der Waals surface area (Å²) in [5.74, 6) is -0.445. The molecule has 0 bridgehead atoms. The molecule has 19 heavy (non-hydrogen) atoms. The van der Waals surface area contributed by atoms with Crippen molar-refractivity contribution in [3.8, 4) is 0 Å². The summed E-state index contributed by atoms with van der Waals surface area (Å²) in [6.45, 7) is 6.43. The lowest BCUT2D eigenvalue weighted by molar-refractivity contribution is -0.120. The Morgan fingerprint density at radius 3 is 2.53 bits per heavy atom. The van der Waals surface area contributed by atoms with Gasteiger partial charge in [-0.25, -0.2) is 0 Å². The molecule has 5 heteroatoms. The molecule has 0 spiro atoms. The Kier molecular flexibility index (Phi) is 5.85. The van der Waals surface area contributed by atoms with Gasteiger partial charge in [0, 0.05) is 18.3 Å². The van der Waals surface area contributed by atoms with E-state index in [1.54, 1.807) is 12.1 Å². The molecule has 1 aromatic rings. The molecular weight excluding hydrogens is 242 g/mol. The molecule has 0 aliphatic rings. The lowest BCUT2D eigenvalue weighted by atomic mass is 10.1.